The molecule has 1 aliphatic rings. The maximum atomic E-state index is 12.4. The minimum Gasteiger partial charge on any atom is -0.468 e. The van der Waals surface area contributed by atoms with Crippen LogP contribution < -0.4 is 0 Å². The molecule has 122 valence electrons. The fourth-order valence-corrected chi connectivity index (χ4v) is 3.38. The van der Waals surface area contributed by atoms with E-state index in [9.17, 15) is 4.79 Å². The van der Waals surface area contributed by atoms with Gasteiger partial charge in [0.25, 0.3) is 0 Å². The second-order valence-corrected chi connectivity index (χ2v) is 6.04. The molecule has 0 radical (unpaired) electrons. The number of hydrogen-bond acceptors (Lipinski definition) is 4. The van der Waals surface area contributed by atoms with E-state index in [1.807, 2.05) is 54.3 Å². The second kappa shape index (κ2) is 6.96. The molecule has 1 saturated heterocycles. The molecule has 0 saturated carbocycles. The summed E-state index contributed by atoms with van der Waals surface area (Å²) in [6.07, 6.45) is 5.80. The highest BCUT2D eigenvalue weighted by molar-refractivity contribution is 5.78. The van der Waals surface area contributed by atoms with E-state index >= 15 is 0 Å². The van der Waals surface area contributed by atoms with Gasteiger partial charge in [-0.1, -0.05) is 24.3 Å². The van der Waals surface area contributed by atoms with Gasteiger partial charge in [0.15, 0.2) is 0 Å². The number of carbonyl (C=O) groups is 1. The Balaban J connectivity index is 1.77. The molecule has 0 bridgehead atoms. The summed E-state index contributed by atoms with van der Waals surface area (Å²) in [6.45, 7) is 3.76. The normalized spacial score (nSPS) is 17.8. The first kappa shape index (κ1) is 15.7. The third kappa shape index (κ3) is 3.29. The fourth-order valence-electron chi connectivity index (χ4n) is 3.38. The van der Waals surface area contributed by atoms with Gasteiger partial charge in [0.2, 0.25) is 0 Å². The molecule has 5 nitrogen and oxygen atoms in total. The molecule has 0 N–H and O–H groups in total. The van der Waals surface area contributed by atoms with Crippen molar-refractivity contribution in [1.29, 1.82) is 0 Å². The Morgan fingerprint density at radius 3 is 2.61 bits per heavy atom. The maximum Gasteiger partial charge on any atom is 0.327 e. The van der Waals surface area contributed by atoms with Crippen LogP contribution in [-0.4, -0.2) is 40.8 Å². The number of aryl methyl sites for hydroxylation is 1. The van der Waals surface area contributed by atoms with Crippen molar-refractivity contribution in [1.82, 2.24) is 14.7 Å². The van der Waals surface area contributed by atoms with Crippen LogP contribution in [-0.2, 0) is 9.53 Å². The summed E-state index contributed by atoms with van der Waals surface area (Å²) in [5, 5.41) is 4.34. The van der Waals surface area contributed by atoms with Gasteiger partial charge in [-0.25, -0.2) is 4.79 Å². The molecule has 2 aromatic rings. The van der Waals surface area contributed by atoms with Crippen LogP contribution in [0.4, 0.5) is 0 Å². The van der Waals surface area contributed by atoms with Crippen LogP contribution in [0.25, 0.3) is 0 Å². The van der Waals surface area contributed by atoms with E-state index < -0.39 is 0 Å². The van der Waals surface area contributed by atoms with Gasteiger partial charge in [-0.3, -0.25) is 9.58 Å². The summed E-state index contributed by atoms with van der Waals surface area (Å²) in [5.41, 5.74) is 2.16. The van der Waals surface area contributed by atoms with E-state index in [1.54, 1.807) is 0 Å². The molecule has 0 aliphatic carbocycles. The quantitative estimate of drug-likeness (QED) is 0.814. The molecule has 0 amide bonds. The Hall–Kier alpha value is -2.14. The summed E-state index contributed by atoms with van der Waals surface area (Å²) in [6, 6.07) is 10.1. The van der Waals surface area contributed by atoms with Gasteiger partial charge in [-0.05, 0) is 37.0 Å². The topological polar surface area (TPSA) is 47.4 Å². The van der Waals surface area contributed by atoms with Gasteiger partial charge >= 0.3 is 5.97 Å². The Morgan fingerprint density at radius 1 is 1.26 bits per heavy atom. The third-order valence-corrected chi connectivity index (χ3v) is 4.67. The predicted octanol–water partition coefficient (Wildman–Crippen LogP) is 2.74. The summed E-state index contributed by atoms with van der Waals surface area (Å²) in [4.78, 5) is 14.6. The van der Waals surface area contributed by atoms with Crippen molar-refractivity contribution in [3.63, 3.8) is 0 Å². The van der Waals surface area contributed by atoms with E-state index in [-0.39, 0.29) is 12.0 Å². The summed E-state index contributed by atoms with van der Waals surface area (Å²) < 4.78 is 7.10. The van der Waals surface area contributed by atoms with Crippen LogP contribution in [0.1, 0.15) is 36.1 Å². The van der Waals surface area contributed by atoms with Crippen LogP contribution in [0.3, 0.4) is 0 Å². The second-order valence-electron chi connectivity index (χ2n) is 6.04. The van der Waals surface area contributed by atoms with Gasteiger partial charge in [0, 0.05) is 25.5 Å². The van der Waals surface area contributed by atoms with Crippen molar-refractivity contribution in [2.24, 2.45) is 0 Å². The van der Waals surface area contributed by atoms with Crippen LogP contribution in [0.15, 0.2) is 42.7 Å². The fraction of sp³-hybridized carbons (Fsp3) is 0.444. The number of ether oxygens (including phenoxy) is 1. The monoisotopic (exact) mass is 313 g/mol. The molecule has 1 fully saturated rings. The van der Waals surface area contributed by atoms with E-state index in [1.165, 1.54) is 7.11 Å². The van der Waals surface area contributed by atoms with Gasteiger partial charge in [0.1, 0.15) is 6.04 Å². The number of methoxy groups -OCH3 is 1. The molecule has 1 aliphatic heterocycles. The Morgan fingerprint density at radius 2 is 2.00 bits per heavy atom. The van der Waals surface area contributed by atoms with Crippen molar-refractivity contribution >= 4 is 5.97 Å². The smallest absolute Gasteiger partial charge is 0.327 e. The average molecular weight is 313 g/mol. The van der Waals surface area contributed by atoms with Crippen LogP contribution in [0.5, 0.6) is 0 Å². The van der Waals surface area contributed by atoms with Gasteiger partial charge in [-0.2, -0.15) is 5.10 Å². The maximum absolute atomic E-state index is 12.4. The zero-order valence-electron chi connectivity index (χ0n) is 13.7. The molecule has 2 heterocycles. The molecule has 1 aromatic heterocycles. The third-order valence-electron chi connectivity index (χ3n) is 4.67. The summed E-state index contributed by atoms with van der Waals surface area (Å²) in [5.74, 6) is -0.183. The van der Waals surface area contributed by atoms with Crippen LogP contribution in [0, 0.1) is 6.92 Å². The first-order chi connectivity index (χ1) is 11.2. The Bertz CT molecular complexity index is 646. The first-order valence-electron chi connectivity index (χ1n) is 8.07. The van der Waals surface area contributed by atoms with E-state index in [4.69, 9.17) is 4.74 Å². The largest absolute Gasteiger partial charge is 0.468 e. The van der Waals surface area contributed by atoms with Gasteiger partial charge in [-0.15, -0.1) is 0 Å². The molecule has 3 rings (SSSR count). The van der Waals surface area contributed by atoms with Crippen molar-refractivity contribution in [3.8, 4) is 0 Å². The van der Waals surface area contributed by atoms with Crippen molar-refractivity contribution < 1.29 is 9.53 Å². The minimum absolute atomic E-state index is 0.183. The number of likely N-dealkylation sites (tertiary alicyclic amines) is 1. The number of hydrogen-bond donors (Lipinski definition) is 0. The highest BCUT2D eigenvalue weighted by Crippen LogP contribution is 2.31. The summed E-state index contributed by atoms with van der Waals surface area (Å²) in [7, 11) is 1.46. The highest BCUT2D eigenvalue weighted by Gasteiger charge is 2.33. The predicted molar refractivity (Wildman–Crippen MR) is 88.0 cm³/mol. The van der Waals surface area contributed by atoms with Crippen molar-refractivity contribution in [3.05, 3.63) is 53.9 Å². The van der Waals surface area contributed by atoms with Crippen LogP contribution >= 0.6 is 0 Å². The zero-order chi connectivity index (χ0) is 16.2. The minimum atomic E-state index is -0.320. The number of carbonyl (C=O) groups excluding carboxylic acids is 1. The number of rotatable bonds is 4. The highest BCUT2D eigenvalue weighted by atomic mass is 16.5. The first-order valence-corrected chi connectivity index (χ1v) is 8.07. The van der Waals surface area contributed by atoms with E-state index in [2.05, 4.69) is 10.00 Å². The van der Waals surface area contributed by atoms with E-state index in [0.717, 1.165) is 37.1 Å². The molecule has 1 aromatic carbocycles. The molecule has 0 spiro atoms. The van der Waals surface area contributed by atoms with Crippen molar-refractivity contribution in [2.75, 3.05) is 20.2 Å². The number of esters is 1. The Kier molecular flexibility index (Phi) is 4.76. The molecule has 0 unspecified atom stereocenters. The number of piperidine rings is 1. The lowest BCUT2D eigenvalue weighted by atomic mass is 9.96. The summed E-state index contributed by atoms with van der Waals surface area (Å²) >= 11 is 0. The van der Waals surface area contributed by atoms with Crippen molar-refractivity contribution in [2.45, 2.75) is 31.8 Å². The lowest BCUT2D eigenvalue weighted by molar-refractivity contribution is -0.148. The molecule has 23 heavy (non-hydrogen) atoms. The zero-order valence-corrected chi connectivity index (χ0v) is 13.7. The Labute approximate surface area is 136 Å². The molecular formula is C18H23N3O2. The molecule has 1 atom stereocenters. The SMILES string of the molecule is COC(=O)[C@H](c1ccccc1C)N1CCC(n2cccn2)CC1. The number of aromatic nitrogens is 2. The molecular weight excluding hydrogens is 290 g/mol. The van der Waals surface area contributed by atoms with Crippen LogP contribution in [0.2, 0.25) is 0 Å². The number of nitrogens with zero attached hydrogens (tertiary/aromatic N) is 3. The average Bonchev–Trinajstić information content (AvgIpc) is 3.12. The van der Waals surface area contributed by atoms with Gasteiger partial charge in [0.05, 0.1) is 13.2 Å². The lowest BCUT2D eigenvalue weighted by Gasteiger charge is -2.36. The molecule has 5 heteroatoms. The van der Waals surface area contributed by atoms with E-state index in [0.29, 0.717) is 6.04 Å². The van der Waals surface area contributed by atoms with Gasteiger partial charge < -0.3 is 4.74 Å². The lowest BCUT2D eigenvalue weighted by Crippen LogP contribution is -2.41. The standard InChI is InChI=1S/C18H23N3O2/c1-14-6-3-4-7-16(14)17(18(22)23-2)20-12-8-15(9-13-20)21-11-5-10-19-21/h3-7,10-11,15,17H,8-9,12-13H2,1-2H3/t17-/m0/s1. The number of benzene rings is 1.